The third kappa shape index (κ3) is 5.71. The molecule has 0 radical (unpaired) electrons. The molecule has 0 amide bonds. The molecule has 2 atom stereocenters. The topological polar surface area (TPSA) is 86.5 Å². The van der Waals surface area contributed by atoms with Crippen molar-refractivity contribution in [2.75, 3.05) is 30.6 Å². The monoisotopic (exact) mass is 305 g/mol. The summed E-state index contributed by atoms with van der Waals surface area (Å²) in [5.74, 6) is 0.894. The van der Waals surface area contributed by atoms with Crippen LogP contribution in [0.15, 0.2) is 24.3 Å². The van der Waals surface area contributed by atoms with Gasteiger partial charge in [-0.05, 0) is 6.07 Å². The van der Waals surface area contributed by atoms with Crippen LogP contribution in [0.2, 0.25) is 0 Å². The summed E-state index contributed by atoms with van der Waals surface area (Å²) in [5, 5.41) is 0. The minimum Gasteiger partial charge on any atom is -0.496 e. The van der Waals surface area contributed by atoms with Crippen LogP contribution in [0.5, 0.6) is 5.75 Å². The van der Waals surface area contributed by atoms with E-state index < -0.39 is 26.7 Å². The highest BCUT2D eigenvalue weighted by atomic mass is 32.2. The van der Waals surface area contributed by atoms with Crippen molar-refractivity contribution in [3.63, 3.8) is 0 Å². The predicted molar refractivity (Wildman–Crippen MR) is 77.5 cm³/mol. The number of hydrogen-bond donors (Lipinski definition) is 1. The Morgan fingerprint density at radius 1 is 1.37 bits per heavy atom. The lowest BCUT2D eigenvalue weighted by molar-refractivity contribution is 0.407. The minimum absolute atomic E-state index is 0.0851. The first-order chi connectivity index (χ1) is 8.83. The zero-order chi connectivity index (χ0) is 14.5. The van der Waals surface area contributed by atoms with E-state index in [9.17, 15) is 12.6 Å². The van der Waals surface area contributed by atoms with Gasteiger partial charge in [0.1, 0.15) is 15.6 Å². The number of benzene rings is 1. The van der Waals surface area contributed by atoms with Crippen molar-refractivity contribution in [3.8, 4) is 5.75 Å². The molecule has 0 aliphatic heterocycles. The quantitative estimate of drug-likeness (QED) is 0.792. The zero-order valence-electron chi connectivity index (χ0n) is 11.0. The molecule has 0 aliphatic carbocycles. The van der Waals surface area contributed by atoms with Crippen LogP contribution in [0, 0.1) is 0 Å². The number of methoxy groups -OCH3 is 1. The first-order valence-electron chi connectivity index (χ1n) is 5.74. The second-order valence-electron chi connectivity index (χ2n) is 4.29. The fourth-order valence-electron chi connectivity index (χ4n) is 1.59. The number of rotatable bonds is 7. The highest BCUT2D eigenvalue weighted by Gasteiger charge is 2.15. The van der Waals surface area contributed by atoms with Crippen LogP contribution in [-0.2, 0) is 20.6 Å². The third-order valence-corrected chi connectivity index (χ3v) is 5.18. The van der Waals surface area contributed by atoms with E-state index in [2.05, 4.69) is 0 Å². The maximum atomic E-state index is 11.8. The Bertz CT molecular complexity index is 542. The van der Waals surface area contributed by atoms with Crippen LogP contribution in [0.25, 0.3) is 0 Å². The minimum atomic E-state index is -3.09. The van der Waals surface area contributed by atoms with E-state index in [0.29, 0.717) is 5.75 Å². The highest BCUT2D eigenvalue weighted by molar-refractivity contribution is 7.92. The van der Waals surface area contributed by atoms with Gasteiger partial charge in [0.2, 0.25) is 0 Å². The van der Waals surface area contributed by atoms with Gasteiger partial charge in [0.25, 0.3) is 0 Å². The first-order valence-corrected chi connectivity index (χ1v) is 9.29. The molecule has 108 valence electrons. The lowest BCUT2D eigenvalue weighted by atomic mass is 10.1. The number of nitrogens with two attached hydrogens (primary N) is 1. The smallest absolute Gasteiger partial charge is 0.148 e. The number of sulfone groups is 1. The number of ether oxygens (including phenoxy) is 1. The Morgan fingerprint density at radius 2 is 2.00 bits per heavy atom. The molecule has 0 bridgehead atoms. The van der Waals surface area contributed by atoms with Gasteiger partial charge in [-0.25, -0.2) is 8.42 Å². The SMILES string of the molecule is COc1ccccc1C(N)CS(=O)CCS(C)(=O)=O. The van der Waals surface area contributed by atoms with E-state index in [-0.39, 0.29) is 17.3 Å². The summed E-state index contributed by atoms with van der Waals surface area (Å²) >= 11 is 0. The van der Waals surface area contributed by atoms with E-state index in [1.807, 2.05) is 18.2 Å². The second-order valence-corrected chi connectivity index (χ2v) is 8.17. The lowest BCUT2D eigenvalue weighted by Gasteiger charge is -2.15. The van der Waals surface area contributed by atoms with Crippen molar-refractivity contribution in [2.24, 2.45) is 5.73 Å². The average Bonchev–Trinajstić information content (AvgIpc) is 2.35. The molecule has 0 saturated heterocycles. The number of para-hydroxylation sites is 1. The fraction of sp³-hybridized carbons (Fsp3) is 0.500. The summed E-state index contributed by atoms with van der Waals surface area (Å²) in [5.41, 5.74) is 6.76. The van der Waals surface area contributed by atoms with Crippen LogP contribution < -0.4 is 10.5 Å². The molecule has 2 unspecified atom stereocenters. The standard InChI is InChI=1S/C12H19NO4S2/c1-17-12-6-4-3-5-10(12)11(13)9-18(14)7-8-19(2,15)16/h3-6,11H,7-9,13H2,1-2H3. The van der Waals surface area contributed by atoms with E-state index in [1.54, 1.807) is 13.2 Å². The van der Waals surface area contributed by atoms with E-state index >= 15 is 0 Å². The molecule has 5 nitrogen and oxygen atoms in total. The Balaban J connectivity index is 2.64. The van der Waals surface area contributed by atoms with Crippen molar-refractivity contribution in [2.45, 2.75) is 6.04 Å². The van der Waals surface area contributed by atoms with Gasteiger partial charge < -0.3 is 10.5 Å². The van der Waals surface area contributed by atoms with Crippen LogP contribution in [0.3, 0.4) is 0 Å². The number of hydrogen-bond acceptors (Lipinski definition) is 5. The molecule has 2 N–H and O–H groups in total. The van der Waals surface area contributed by atoms with Crippen molar-refractivity contribution in [1.82, 2.24) is 0 Å². The Morgan fingerprint density at radius 3 is 2.58 bits per heavy atom. The van der Waals surface area contributed by atoms with E-state index in [4.69, 9.17) is 10.5 Å². The van der Waals surface area contributed by atoms with Gasteiger partial charge in [0, 0.05) is 40.2 Å². The summed E-state index contributed by atoms with van der Waals surface area (Å²) < 4.78 is 39.0. The van der Waals surface area contributed by atoms with Gasteiger partial charge >= 0.3 is 0 Å². The summed E-state index contributed by atoms with van der Waals surface area (Å²) in [7, 11) is -2.81. The molecule has 0 aromatic heterocycles. The maximum Gasteiger partial charge on any atom is 0.148 e. The van der Waals surface area contributed by atoms with Crippen LogP contribution in [-0.4, -0.2) is 43.3 Å². The Labute approximate surface area is 116 Å². The lowest BCUT2D eigenvalue weighted by Crippen LogP contribution is -2.22. The molecule has 19 heavy (non-hydrogen) atoms. The molecule has 0 aliphatic rings. The molecular formula is C12H19NO4S2. The molecule has 1 aromatic rings. The zero-order valence-corrected chi connectivity index (χ0v) is 12.7. The Kier molecular flexibility index (Phi) is 5.96. The summed E-state index contributed by atoms with van der Waals surface area (Å²) in [4.78, 5) is 0. The predicted octanol–water partition coefficient (Wildman–Crippen LogP) is 0.488. The maximum absolute atomic E-state index is 11.8. The van der Waals surface area contributed by atoms with Crippen LogP contribution >= 0.6 is 0 Å². The average molecular weight is 305 g/mol. The van der Waals surface area contributed by atoms with Crippen LogP contribution in [0.1, 0.15) is 11.6 Å². The first kappa shape index (κ1) is 16.1. The third-order valence-electron chi connectivity index (χ3n) is 2.59. The normalized spacial score (nSPS) is 14.9. The summed E-state index contributed by atoms with van der Waals surface area (Å²) in [6.07, 6.45) is 1.13. The second kappa shape index (κ2) is 7.02. The molecule has 0 saturated carbocycles. The van der Waals surface area contributed by atoms with E-state index in [1.165, 1.54) is 0 Å². The highest BCUT2D eigenvalue weighted by Crippen LogP contribution is 2.23. The molecular weight excluding hydrogens is 286 g/mol. The van der Waals surface area contributed by atoms with Gasteiger partial charge in [-0.2, -0.15) is 0 Å². The summed E-state index contributed by atoms with van der Waals surface area (Å²) in [6.45, 7) is 0. The van der Waals surface area contributed by atoms with Gasteiger partial charge in [0.05, 0.1) is 12.9 Å². The van der Waals surface area contributed by atoms with Gasteiger partial charge in [-0.3, -0.25) is 4.21 Å². The van der Waals surface area contributed by atoms with Gasteiger partial charge in [-0.1, -0.05) is 18.2 Å². The molecule has 0 spiro atoms. The molecule has 7 heteroatoms. The molecule has 0 fully saturated rings. The van der Waals surface area contributed by atoms with Crippen molar-refractivity contribution in [1.29, 1.82) is 0 Å². The van der Waals surface area contributed by atoms with Gasteiger partial charge in [-0.15, -0.1) is 0 Å². The Hall–Kier alpha value is -0.920. The largest absolute Gasteiger partial charge is 0.496 e. The fourth-order valence-corrected chi connectivity index (χ4v) is 4.29. The molecule has 1 aromatic carbocycles. The van der Waals surface area contributed by atoms with E-state index in [0.717, 1.165) is 11.8 Å². The van der Waals surface area contributed by atoms with Crippen molar-refractivity contribution >= 4 is 20.6 Å². The molecule has 1 rings (SSSR count). The molecule has 0 heterocycles. The van der Waals surface area contributed by atoms with Crippen molar-refractivity contribution in [3.05, 3.63) is 29.8 Å². The van der Waals surface area contributed by atoms with Gasteiger partial charge in [0.15, 0.2) is 0 Å². The van der Waals surface area contributed by atoms with Crippen LogP contribution in [0.4, 0.5) is 0 Å². The van der Waals surface area contributed by atoms with Crippen molar-refractivity contribution < 1.29 is 17.4 Å². The summed E-state index contributed by atoms with van der Waals surface area (Å²) in [6, 6.07) is 6.83.